The van der Waals surface area contributed by atoms with E-state index in [-0.39, 0.29) is 15.0 Å². The van der Waals surface area contributed by atoms with Gasteiger partial charge in [0.15, 0.2) is 0 Å². The van der Waals surface area contributed by atoms with Gasteiger partial charge in [-0.25, -0.2) is 9.78 Å². The monoisotopic (exact) mass is 256 g/mol. The van der Waals surface area contributed by atoms with Gasteiger partial charge < -0.3 is 10.1 Å². The first kappa shape index (κ1) is 14.2. The molecule has 1 heterocycles. The molecule has 1 rings (SSSR count). The van der Waals surface area contributed by atoms with Crippen LogP contribution in [0.3, 0.4) is 0 Å². The molecule has 2 N–H and O–H groups in total. The second-order valence-corrected chi connectivity index (χ2v) is 4.30. The van der Waals surface area contributed by atoms with E-state index in [0.717, 1.165) is 6.42 Å². The van der Waals surface area contributed by atoms with Gasteiger partial charge >= 0.3 is 6.09 Å². The number of hydrogen-bond acceptors (Lipinski definition) is 5. The predicted molar refractivity (Wildman–Crippen MR) is 74.9 cm³/mol. The maximum absolute atomic E-state index is 11.4. The average Bonchev–Trinajstić information content (AvgIpc) is 2.28. The molecule has 1 amide bonds. The van der Waals surface area contributed by atoms with Crippen molar-refractivity contribution in [3.63, 3.8) is 0 Å². The zero-order chi connectivity index (χ0) is 13.5. The van der Waals surface area contributed by atoms with Crippen LogP contribution in [0.5, 0.6) is 0 Å². The van der Waals surface area contributed by atoms with Crippen molar-refractivity contribution in [3.8, 4) is 0 Å². The Labute approximate surface area is 110 Å². The maximum Gasteiger partial charge on any atom is 0.413 e. The summed E-state index contributed by atoms with van der Waals surface area (Å²) in [6.45, 7) is 7.68. The molecule has 0 radical (unpaired) electrons. The van der Waals surface area contributed by atoms with Crippen molar-refractivity contribution >= 4 is 17.9 Å². The van der Waals surface area contributed by atoms with Crippen LogP contribution in [-0.4, -0.2) is 28.2 Å². The maximum atomic E-state index is 11.4. The van der Waals surface area contributed by atoms with Gasteiger partial charge in [0, 0.05) is 15.1 Å². The Morgan fingerprint density at radius 3 is 2.83 bits per heavy atom. The Balaban J connectivity index is 0. The van der Waals surface area contributed by atoms with Crippen molar-refractivity contribution in [2.45, 2.75) is 46.3 Å². The minimum atomic E-state index is -0.516. The fourth-order valence-electron chi connectivity index (χ4n) is 1.17. The van der Waals surface area contributed by atoms with Crippen molar-refractivity contribution in [1.82, 2.24) is 9.97 Å². The third-order valence-electron chi connectivity index (χ3n) is 2.22. The van der Waals surface area contributed by atoms with Crippen LogP contribution in [0.2, 0.25) is 0 Å². The Morgan fingerprint density at radius 1 is 1.50 bits per heavy atom. The third kappa shape index (κ3) is 4.99. The molecule has 6 heteroatoms. The van der Waals surface area contributed by atoms with E-state index < -0.39 is 6.09 Å². The molecule has 0 bridgehead atoms. The number of ether oxygens (including phenoxy) is 1. The molecule has 0 aliphatic rings. The number of nitrogens with zero attached hydrogens (tertiary/aromatic N) is 2. The van der Waals surface area contributed by atoms with Crippen LogP contribution < -0.4 is 10.6 Å². The van der Waals surface area contributed by atoms with E-state index >= 15 is 0 Å². The highest BCUT2D eigenvalue weighted by Crippen LogP contribution is 2.08. The minimum absolute atomic E-state index is 0. The highest BCUT2D eigenvalue weighted by Gasteiger charge is 2.08. The van der Waals surface area contributed by atoms with Gasteiger partial charge in [0.25, 0.3) is 0 Å². The van der Waals surface area contributed by atoms with E-state index in [2.05, 4.69) is 27.5 Å². The van der Waals surface area contributed by atoms with Crippen LogP contribution in [0.25, 0.3) is 0 Å². The number of hydrogen-bond donors (Lipinski definition) is 2. The predicted octanol–water partition coefficient (Wildman–Crippen LogP) is 3.14. The quantitative estimate of drug-likeness (QED) is 0.846. The van der Waals surface area contributed by atoms with Crippen LogP contribution >= 0.6 is 0 Å². The van der Waals surface area contributed by atoms with Gasteiger partial charge in [-0.2, -0.15) is 4.98 Å². The number of amides is 1. The summed E-state index contributed by atoms with van der Waals surface area (Å²) < 4.78 is 4.97. The lowest BCUT2D eigenvalue weighted by molar-refractivity contribution is 0.130. The Bertz CT molecular complexity index is 405. The molecule has 0 spiro atoms. The summed E-state index contributed by atoms with van der Waals surface area (Å²) in [5.74, 6) is 0.910. The first-order chi connectivity index (χ1) is 8.51. The molecule has 0 aliphatic heterocycles. The van der Waals surface area contributed by atoms with E-state index in [9.17, 15) is 4.79 Å². The van der Waals surface area contributed by atoms with Crippen molar-refractivity contribution < 1.29 is 12.4 Å². The third-order valence-corrected chi connectivity index (χ3v) is 2.22. The molecule has 0 unspecified atom stereocenters. The van der Waals surface area contributed by atoms with E-state index in [0.29, 0.717) is 11.8 Å². The summed E-state index contributed by atoms with van der Waals surface area (Å²) in [6, 6.07) is 1.89. The van der Waals surface area contributed by atoms with Gasteiger partial charge in [-0.3, -0.25) is 5.32 Å². The fraction of sp³-hybridized carbons (Fsp3) is 0.583. The molecule has 6 nitrogen and oxygen atoms in total. The molecule has 0 fully saturated rings. The standard InChI is InChI=1S/C12H20N4O2.2H2/c1-5-9(4)14-11-13-7-6-10(15-11)16-12(17)18-8(2)3;;/h6-9H,5H2,1-4H3,(H2,13,14,15,16,17);2*1H/t9-;;/m0../s1. The number of nitrogens with one attached hydrogen (secondary N) is 2. The number of rotatable bonds is 5. The minimum Gasteiger partial charge on any atom is -0.447 e. The molecular formula is C12H24N4O2. The second kappa shape index (κ2) is 6.78. The van der Waals surface area contributed by atoms with Gasteiger partial charge in [0.2, 0.25) is 5.95 Å². The van der Waals surface area contributed by atoms with E-state index in [1.165, 1.54) is 0 Å². The lowest BCUT2D eigenvalue weighted by atomic mass is 10.3. The molecule has 1 aromatic rings. The number of anilines is 2. The Morgan fingerprint density at radius 2 is 2.22 bits per heavy atom. The average molecular weight is 256 g/mol. The molecule has 0 aliphatic carbocycles. The molecule has 0 aromatic carbocycles. The zero-order valence-corrected chi connectivity index (χ0v) is 11.2. The molecule has 0 saturated carbocycles. The van der Waals surface area contributed by atoms with Crippen molar-refractivity contribution in [1.29, 1.82) is 0 Å². The summed E-state index contributed by atoms with van der Waals surface area (Å²) in [5.41, 5.74) is 0. The van der Waals surface area contributed by atoms with Crippen LogP contribution in [-0.2, 0) is 4.74 Å². The Kier molecular flexibility index (Phi) is 5.35. The first-order valence-corrected chi connectivity index (χ1v) is 6.08. The van der Waals surface area contributed by atoms with Gasteiger partial charge in [-0.05, 0) is 33.3 Å². The van der Waals surface area contributed by atoms with Gasteiger partial charge in [0.1, 0.15) is 5.82 Å². The van der Waals surface area contributed by atoms with Crippen LogP contribution in [0.4, 0.5) is 16.6 Å². The molecule has 0 saturated heterocycles. The van der Waals surface area contributed by atoms with Crippen LogP contribution in [0.15, 0.2) is 12.3 Å². The van der Waals surface area contributed by atoms with E-state index in [1.807, 2.05) is 6.92 Å². The van der Waals surface area contributed by atoms with Crippen molar-refractivity contribution in [2.75, 3.05) is 10.6 Å². The van der Waals surface area contributed by atoms with E-state index in [1.54, 1.807) is 26.1 Å². The second-order valence-electron chi connectivity index (χ2n) is 4.30. The number of carbonyl (C=O) groups excluding carboxylic acids is 1. The van der Waals surface area contributed by atoms with Crippen LogP contribution in [0.1, 0.15) is 37.0 Å². The molecule has 1 atom stereocenters. The van der Waals surface area contributed by atoms with Gasteiger partial charge in [0.05, 0.1) is 6.10 Å². The van der Waals surface area contributed by atoms with Crippen molar-refractivity contribution in [3.05, 3.63) is 12.3 Å². The smallest absolute Gasteiger partial charge is 0.413 e. The van der Waals surface area contributed by atoms with Gasteiger partial charge in [-0.1, -0.05) is 6.92 Å². The molecule has 1 aromatic heterocycles. The highest BCUT2D eigenvalue weighted by molar-refractivity contribution is 5.83. The SMILES string of the molecule is CC[C@H](C)Nc1nccc(NC(=O)OC(C)C)n1.[HH].[HH]. The molecule has 18 heavy (non-hydrogen) atoms. The topological polar surface area (TPSA) is 76.1 Å². The first-order valence-electron chi connectivity index (χ1n) is 6.08. The summed E-state index contributed by atoms with van der Waals surface area (Å²) >= 11 is 0. The summed E-state index contributed by atoms with van der Waals surface area (Å²) in [4.78, 5) is 19.7. The highest BCUT2D eigenvalue weighted by atomic mass is 16.6. The lowest BCUT2D eigenvalue weighted by Crippen LogP contribution is -2.20. The number of carbonyl (C=O) groups is 1. The zero-order valence-electron chi connectivity index (χ0n) is 11.2. The van der Waals surface area contributed by atoms with Gasteiger partial charge in [-0.15, -0.1) is 0 Å². The Hall–Kier alpha value is -1.85. The fourth-order valence-corrected chi connectivity index (χ4v) is 1.17. The normalized spacial score (nSPS) is 12.1. The molecule has 104 valence electrons. The van der Waals surface area contributed by atoms with Crippen molar-refractivity contribution in [2.24, 2.45) is 0 Å². The number of aromatic nitrogens is 2. The van der Waals surface area contributed by atoms with Crippen LogP contribution in [0, 0.1) is 0 Å². The lowest BCUT2D eigenvalue weighted by Gasteiger charge is -2.12. The largest absolute Gasteiger partial charge is 0.447 e. The summed E-state index contributed by atoms with van der Waals surface area (Å²) in [7, 11) is 0. The summed E-state index contributed by atoms with van der Waals surface area (Å²) in [5, 5.41) is 5.68. The molecular weight excluding hydrogens is 232 g/mol. The summed E-state index contributed by atoms with van der Waals surface area (Å²) in [6.07, 6.45) is 1.88. The van der Waals surface area contributed by atoms with E-state index in [4.69, 9.17) is 4.74 Å².